The van der Waals surface area contributed by atoms with E-state index in [-0.39, 0.29) is 5.69 Å². The third-order valence-corrected chi connectivity index (χ3v) is 5.65. The molecule has 0 atom stereocenters. The zero-order valence-corrected chi connectivity index (χ0v) is 18.6. The van der Waals surface area contributed by atoms with Crippen molar-refractivity contribution in [2.75, 3.05) is 56.1 Å². The van der Waals surface area contributed by atoms with Gasteiger partial charge in [-0.15, -0.1) is 0 Å². The Bertz CT molecular complexity index is 1210. The highest BCUT2D eigenvalue weighted by atomic mass is 16.5. The van der Waals surface area contributed by atoms with Gasteiger partial charge in [0.2, 0.25) is 0 Å². The van der Waals surface area contributed by atoms with Crippen molar-refractivity contribution in [1.82, 2.24) is 9.13 Å². The van der Waals surface area contributed by atoms with Crippen molar-refractivity contribution in [2.45, 2.75) is 0 Å². The number of urea groups is 1. The van der Waals surface area contributed by atoms with E-state index in [1.807, 2.05) is 12.1 Å². The molecule has 0 unspecified atom stereocenters. The SMILES string of the molecule is COc1ccc(NC(=O)Nc2cc3c(cc2N2CCOCC2)n(C)c(=O)n3C)c(OC)c1. The second kappa shape index (κ2) is 8.83. The summed E-state index contributed by atoms with van der Waals surface area (Å²) in [6.45, 7) is 2.57. The van der Waals surface area contributed by atoms with E-state index >= 15 is 0 Å². The zero-order chi connectivity index (χ0) is 22.8. The van der Waals surface area contributed by atoms with Gasteiger partial charge in [-0.25, -0.2) is 9.59 Å². The number of nitrogens with one attached hydrogen (secondary N) is 2. The van der Waals surface area contributed by atoms with Gasteiger partial charge in [-0.3, -0.25) is 9.13 Å². The lowest BCUT2D eigenvalue weighted by atomic mass is 10.2. The number of amides is 2. The standard InChI is InChI=1S/C22H27N5O5/c1-25-18-12-16(24-21(28)23-15-6-5-14(30-3)11-20(15)31-4)17(27-7-9-32-10-8-27)13-19(18)26(2)22(25)29/h5-6,11-13H,7-10H2,1-4H3,(H2,23,24,28). The van der Waals surface area contributed by atoms with Gasteiger partial charge in [0, 0.05) is 33.3 Å². The van der Waals surface area contributed by atoms with Crippen LogP contribution in [0, 0.1) is 0 Å². The van der Waals surface area contributed by atoms with Gasteiger partial charge in [0.1, 0.15) is 11.5 Å². The molecule has 10 nitrogen and oxygen atoms in total. The van der Waals surface area contributed by atoms with Gasteiger partial charge in [-0.1, -0.05) is 0 Å². The Labute approximate surface area is 185 Å². The van der Waals surface area contributed by atoms with Gasteiger partial charge in [-0.05, 0) is 24.3 Å². The van der Waals surface area contributed by atoms with Crippen LogP contribution in [0.15, 0.2) is 35.1 Å². The fraction of sp³-hybridized carbons (Fsp3) is 0.364. The van der Waals surface area contributed by atoms with Crippen LogP contribution in [0.5, 0.6) is 11.5 Å². The van der Waals surface area contributed by atoms with Crippen LogP contribution in [0.4, 0.5) is 21.9 Å². The minimum atomic E-state index is -0.428. The minimum absolute atomic E-state index is 0.127. The molecule has 1 aromatic heterocycles. The molecule has 1 aliphatic rings. The second-order valence-corrected chi connectivity index (χ2v) is 7.50. The normalized spacial score (nSPS) is 13.8. The first-order chi connectivity index (χ1) is 15.4. The lowest BCUT2D eigenvalue weighted by Crippen LogP contribution is -2.37. The van der Waals surface area contributed by atoms with E-state index in [4.69, 9.17) is 14.2 Å². The molecule has 1 aliphatic heterocycles. The molecule has 2 amide bonds. The van der Waals surface area contributed by atoms with E-state index in [1.54, 1.807) is 48.5 Å². The number of morpholine rings is 1. The summed E-state index contributed by atoms with van der Waals surface area (Å²) in [5, 5.41) is 5.76. The van der Waals surface area contributed by atoms with Crippen LogP contribution in [-0.2, 0) is 18.8 Å². The maximum Gasteiger partial charge on any atom is 0.328 e. The molecule has 2 heterocycles. The molecule has 2 N–H and O–H groups in total. The lowest BCUT2D eigenvalue weighted by molar-refractivity contribution is 0.123. The monoisotopic (exact) mass is 441 g/mol. The largest absolute Gasteiger partial charge is 0.497 e. The van der Waals surface area contributed by atoms with E-state index in [9.17, 15) is 9.59 Å². The van der Waals surface area contributed by atoms with Crippen LogP contribution in [0.1, 0.15) is 0 Å². The number of imidazole rings is 1. The smallest absolute Gasteiger partial charge is 0.328 e. The highest BCUT2D eigenvalue weighted by molar-refractivity contribution is 6.04. The highest BCUT2D eigenvalue weighted by Gasteiger charge is 2.20. The van der Waals surface area contributed by atoms with Gasteiger partial charge < -0.3 is 29.7 Å². The third kappa shape index (κ3) is 3.96. The predicted molar refractivity (Wildman–Crippen MR) is 123 cm³/mol. The molecule has 0 radical (unpaired) electrons. The number of carbonyl (C=O) groups excluding carboxylic acids is 1. The van der Waals surface area contributed by atoms with Crippen LogP contribution in [-0.4, -0.2) is 55.7 Å². The molecule has 4 rings (SSSR count). The van der Waals surface area contributed by atoms with Gasteiger partial charge in [-0.2, -0.15) is 0 Å². The Balaban J connectivity index is 1.68. The maximum atomic E-state index is 12.9. The summed E-state index contributed by atoms with van der Waals surface area (Å²) < 4.78 is 19.2. The van der Waals surface area contributed by atoms with Crippen molar-refractivity contribution in [1.29, 1.82) is 0 Å². The van der Waals surface area contributed by atoms with Crippen molar-refractivity contribution in [3.8, 4) is 11.5 Å². The molecule has 0 aliphatic carbocycles. The van der Waals surface area contributed by atoms with Crippen LogP contribution in [0.3, 0.4) is 0 Å². The molecule has 32 heavy (non-hydrogen) atoms. The second-order valence-electron chi connectivity index (χ2n) is 7.50. The summed E-state index contributed by atoms with van der Waals surface area (Å²) in [5.74, 6) is 1.10. The molecular formula is C22H27N5O5. The number of aryl methyl sites for hydroxylation is 2. The number of hydrogen-bond donors (Lipinski definition) is 2. The highest BCUT2D eigenvalue weighted by Crippen LogP contribution is 2.33. The summed E-state index contributed by atoms with van der Waals surface area (Å²) in [4.78, 5) is 27.5. The molecular weight excluding hydrogens is 414 g/mol. The van der Waals surface area contributed by atoms with E-state index in [0.29, 0.717) is 49.2 Å². The van der Waals surface area contributed by atoms with E-state index in [1.165, 1.54) is 7.11 Å². The average molecular weight is 441 g/mol. The summed E-state index contributed by atoms with van der Waals surface area (Å²) >= 11 is 0. The van der Waals surface area contributed by atoms with Crippen molar-refractivity contribution in [2.24, 2.45) is 14.1 Å². The molecule has 0 spiro atoms. The third-order valence-electron chi connectivity index (χ3n) is 5.65. The van der Waals surface area contributed by atoms with Crippen molar-refractivity contribution in [3.05, 3.63) is 40.8 Å². The Morgan fingerprint density at radius 1 is 0.938 bits per heavy atom. The van der Waals surface area contributed by atoms with E-state index < -0.39 is 6.03 Å². The van der Waals surface area contributed by atoms with Crippen molar-refractivity contribution in [3.63, 3.8) is 0 Å². The van der Waals surface area contributed by atoms with Gasteiger partial charge in [0.25, 0.3) is 0 Å². The van der Waals surface area contributed by atoms with Gasteiger partial charge >= 0.3 is 11.7 Å². The number of hydrogen-bond acceptors (Lipinski definition) is 6. The number of aromatic nitrogens is 2. The van der Waals surface area contributed by atoms with Gasteiger partial charge in [0.15, 0.2) is 0 Å². The Kier molecular flexibility index (Phi) is 5.95. The van der Waals surface area contributed by atoms with Crippen LogP contribution >= 0.6 is 0 Å². The lowest BCUT2D eigenvalue weighted by Gasteiger charge is -2.30. The molecule has 2 aromatic carbocycles. The summed E-state index contributed by atoms with van der Waals surface area (Å²) in [5.41, 5.74) is 3.34. The number of nitrogens with zero attached hydrogens (tertiary/aromatic N) is 3. The molecule has 0 saturated carbocycles. The molecule has 3 aromatic rings. The minimum Gasteiger partial charge on any atom is -0.497 e. The van der Waals surface area contributed by atoms with E-state index in [2.05, 4.69) is 15.5 Å². The number of fused-ring (bicyclic) bond motifs is 1. The molecule has 170 valence electrons. The summed E-state index contributed by atoms with van der Waals surface area (Å²) in [6.07, 6.45) is 0. The number of anilines is 3. The summed E-state index contributed by atoms with van der Waals surface area (Å²) in [7, 11) is 6.54. The van der Waals surface area contributed by atoms with Gasteiger partial charge in [0.05, 0.1) is 55.5 Å². The molecule has 1 fully saturated rings. The average Bonchev–Trinajstić information content (AvgIpc) is 3.02. The number of benzene rings is 2. The topological polar surface area (TPSA) is 99.0 Å². The first-order valence-corrected chi connectivity index (χ1v) is 10.2. The van der Waals surface area contributed by atoms with Crippen molar-refractivity contribution >= 4 is 34.1 Å². The molecule has 0 bridgehead atoms. The Hall–Kier alpha value is -3.66. The van der Waals surface area contributed by atoms with Crippen molar-refractivity contribution < 1.29 is 19.0 Å². The fourth-order valence-corrected chi connectivity index (χ4v) is 3.88. The number of rotatable bonds is 5. The van der Waals surface area contributed by atoms with Crippen LogP contribution < -0.4 is 30.7 Å². The zero-order valence-electron chi connectivity index (χ0n) is 18.6. The van der Waals surface area contributed by atoms with Crippen LogP contribution in [0.2, 0.25) is 0 Å². The maximum absolute atomic E-state index is 12.9. The molecule has 1 saturated heterocycles. The number of ether oxygens (including phenoxy) is 3. The first-order valence-electron chi connectivity index (χ1n) is 10.2. The predicted octanol–water partition coefficient (Wildman–Crippen LogP) is 2.37. The first kappa shape index (κ1) is 21.6. The number of carbonyl (C=O) groups is 1. The fourth-order valence-electron chi connectivity index (χ4n) is 3.88. The number of methoxy groups -OCH3 is 2. The Morgan fingerprint density at radius 2 is 1.59 bits per heavy atom. The van der Waals surface area contributed by atoms with Crippen LogP contribution in [0.25, 0.3) is 11.0 Å². The Morgan fingerprint density at radius 3 is 2.25 bits per heavy atom. The quantitative estimate of drug-likeness (QED) is 0.631. The molecule has 10 heteroatoms. The summed E-state index contributed by atoms with van der Waals surface area (Å²) in [6, 6.07) is 8.48. The van der Waals surface area contributed by atoms with E-state index in [0.717, 1.165) is 16.7 Å².